The topological polar surface area (TPSA) is 35.2 Å². The summed E-state index contributed by atoms with van der Waals surface area (Å²) in [6.07, 6.45) is 2.33. The summed E-state index contributed by atoms with van der Waals surface area (Å²) in [5, 5.41) is 0. The zero-order valence-electron chi connectivity index (χ0n) is 10.3. The van der Waals surface area contributed by atoms with Gasteiger partial charge in [-0.3, -0.25) is 4.84 Å². The van der Waals surface area contributed by atoms with Gasteiger partial charge in [0.25, 0.3) is 0 Å². The fourth-order valence-corrected chi connectivity index (χ4v) is 1.34. The van der Waals surface area contributed by atoms with E-state index in [0.29, 0.717) is 6.61 Å². The van der Waals surface area contributed by atoms with Gasteiger partial charge in [-0.25, -0.2) is 5.90 Å². The van der Waals surface area contributed by atoms with Gasteiger partial charge in [-0.05, 0) is 30.0 Å². The second-order valence-electron chi connectivity index (χ2n) is 3.63. The van der Waals surface area contributed by atoms with Gasteiger partial charge in [0, 0.05) is 0 Å². The molecule has 2 heteroatoms. The molecule has 1 aromatic rings. The molecule has 0 fully saturated rings. The van der Waals surface area contributed by atoms with E-state index in [2.05, 4.69) is 50.7 Å². The Morgan fingerprint density at radius 1 is 1.20 bits per heavy atom. The van der Waals surface area contributed by atoms with E-state index in [1.807, 2.05) is 0 Å². The maximum Gasteiger partial charge on any atom is 0.0930 e. The van der Waals surface area contributed by atoms with Crippen LogP contribution in [-0.4, -0.2) is 0 Å². The lowest BCUT2D eigenvalue weighted by atomic mass is 10.0. The molecule has 2 nitrogen and oxygen atoms in total. The highest BCUT2D eigenvalue weighted by Gasteiger charge is 1.97. The highest BCUT2D eigenvalue weighted by Crippen LogP contribution is 2.11. The van der Waals surface area contributed by atoms with Gasteiger partial charge in [0.15, 0.2) is 0 Å². The van der Waals surface area contributed by atoms with Crippen LogP contribution in [0.5, 0.6) is 0 Å². The Hall–Kier alpha value is -0.860. The Labute approximate surface area is 93.4 Å². The summed E-state index contributed by atoms with van der Waals surface area (Å²) >= 11 is 0. The first-order chi connectivity index (χ1) is 7.19. The lowest BCUT2D eigenvalue weighted by Gasteiger charge is -2.05. The molecule has 1 aromatic carbocycles. The van der Waals surface area contributed by atoms with Crippen molar-refractivity contribution in [2.24, 2.45) is 5.90 Å². The standard InChI is InChI=1S/C10H15NO.C3H8/c1-3-10-5-4-9(7-12-11)6-8(10)2;1-3-2/h4-6H,3,7,11H2,1-2H3;3H2,1-2H3. The van der Waals surface area contributed by atoms with E-state index >= 15 is 0 Å². The summed E-state index contributed by atoms with van der Waals surface area (Å²) in [6, 6.07) is 6.30. The van der Waals surface area contributed by atoms with E-state index in [0.717, 1.165) is 12.0 Å². The van der Waals surface area contributed by atoms with Crippen LogP contribution in [0.4, 0.5) is 0 Å². The van der Waals surface area contributed by atoms with Crippen molar-refractivity contribution in [1.82, 2.24) is 0 Å². The maximum atomic E-state index is 4.98. The average molecular weight is 209 g/mol. The summed E-state index contributed by atoms with van der Waals surface area (Å²) in [5.74, 6) is 4.98. The molecule has 0 saturated carbocycles. The van der Waals surface area contributed by atoms with E-state index < -0.39 is 0 Å². The van der Waals surface area contributed by atoms with Gasteiger partial charge in [0.1, 0.15) is 0 Å². The van der Waals surface area contributed by atoms with Gasteiger partial charge in [0.05, 0.1) is 6.61 Å². The molecule has 0 spiro atoms. The summed E-state index contributed by atoms with van der Waals surface area (Å²) in [6.45, 7) is 9.01. The molecule has 1 rings (SSSR count). The van der Waals surface area contributed by atoms with Gasteiger partial charge in [0.2, 0.25) is 0 Å². The van der Waals surface area contributed by atoms with E-state index in [1.165, 1.54) is 17.5 Å². The third-order valence-corrected chi connectivity index (χ3v) is 2.04. The molecule has 0 atom stereocenters. The van der Waals surface area contributed by atoms with E-state index in [1.54, 1.807) is 0 Å². The molecule has 86 valence electrons. The fourth-order valence-electron chi connectivity index (χ4n) is 1.34. The zero-order valence-corrected chi connectivity index (χ0v) is 10.3. The van der Waals surface area contributed by atoms with Crippen LogP contribution >= 0.6 is 0 Å². The van der Waals surface area contributed by atoms with Crippen molar-refractivity contribution in [3.05, 3.63) is 34.9 Å². The minimum Gasteiger partial charge on any atom is -0.300 e. The molecule has 0 saturated heterocycles. The van der Waals surface area contributed by atoms with Crippen molar-refractivity contribution >= 4 is 0 Å². The second kappa shape index (κ2) is 8.45. The van der Waals surface area contributed by atoms with Gasteiger partial charge < -0.3 is 0 Å². The SMILES string of the molecule is CCC.CCc1ccc(CON)cc1C. The Balaban J connectivity index is 0.000000583. The first-order valence-corrected chi connectivity index (χ1v) is 5.59. The Bertz CT molecular complexity index is 271. The monoisotopic (exact) mass is 209 g/mol. The quantitative estimate of drug-likeness (QED) is 0.775. The third kappa shape index (κ3) is 5.55. The molecular formula is C13H23NO. The van der Waals surface area contributed by atoms with Crippen molar-refractivity contribution < 1.29 is 4.84 Å². The summed E-state index contributed by atoms with van der Waals surface area (Å²) in [5.41, 5.74) is 3.83. The highest BCUT2D eigenvalue weighted by atomic mass is 16.6. The van der Waals surface area contributed by atoms with Crippen LogP contribution in [0.1, 0.15) is 43.9 Å². The van der Waals surface area contributed by atoms with E-state index in [9.17, 15) is 0 Å². The van der Waals surface area contributed by atoms with Crippen LogP contribution < -0.4 is 5.90 Å². The largest absolute Gasteiger partial charge is 0.300 e. The van der Waals surface area contributed by atoms with Crippen LogP contribution in [0.15, 0.2) is 18.2 Å². The summed E-state index contributed by atoms with van der Waals surface area (Å²) in [7, 11) is 0. The number of nitrogens with two attached hydrogens (primary N) is 1. The first kappa shape index (κ1) is 14.1. The number of hydrogen-bond acceptors (Lipinski definition) is 2. The molecule has 0 bridgehead atoms. The van der Waals surface area contributed by atoms with Crippen LogP contribution in [0.3, 0.4) is 0 Å². The van der Waals surface area contributed by atoms with Crippen LogP contribution in [0, 0.1) is 6.92 Å². The van der Waals surface area contributed by atoms with Gasteiger partial charge in [-0.15, -0.1) is 0 Å². The van der Waals surface area contributed by atoms with Crippen LogP contribution in [0.2, 0.25) is 0 Å². The normalized spacial score (nSPS) is 9.40. The number of rotatable bonds is 3. The molecular weight excluding hydrogens is 186 g/mol. The first-order valence-electron chi connectivity index (χ1n) is 5.59. The Morgan fingerprint density at radius 3 is 2.20 bits per heavy atom. The van der Waals surface area contributed by atoms with Gasteiger partial charge in [-0.2, -0.15) is 0 Å². The van der Waals surface area contributed by atoms with Gasteiger partial charge in [-0.1, -0.05) is 45.4 Å². The van der Waals surface area contributed by atoms with Crippen molar-refractivity contribution in [1.29, 1.82) is 0 Å². The van der Waals surface area contributed by atoms with Crippen LogP contribution in [-0.2, 0) is 17.9 Å². The highest BCUT2D eigenvalue weighted by molar-refractivity contribution is 5.30. The zero-order chi connectivity index (χ0) is 11.7. The predicted octanol–water partition coefficient (Wildman–Crippen LogP) is 3.36. The molecule has 0 aliphatic carbocycles. The van der Waals surface area contributed by atoms with E-state index in [4.69, 9.17) is 5.90 Å². The molecule has 0 amide bonds. The predicted molar refractivity (Wildman–Crippen MR) is 65.5 cm³/mol. The molecule has 2 N–H and O–H groups in total. The van der Waals surface area contributed by atoms with Crippen molar-refractivity contribution in [3.63, 3.8) is 0 Å². The lowest BCUT2D eigenvalue weighted by molar-refractivity contribution is 0.124. The number of aryl methyl sites for hydroxylation is 2. The third-order valence-electron chi connectivity index (χ3n) is 2.04. The fraction of sp³-hybridized carbons (Fsp3) is 0.538. The maximum absolute atomic E-state index is 4.98. The molecule has 0 aliphatic rings. The molecule has 0 unspecified atom stereocenters. The average Bonchev–Trinajstić information content (AvgIpc) is 2.20. The summed E-state index contributed by atoms with van der Waals surface area (Å²) < 4.78 is 0. The van der Waals surface area contributed by atoms with Crippen molar-refractivity contribution in [2.75, 3.05) is 0 Å². The smallest absolute Gasteiger partial charge is 0.0930 e. The second-order valence-corrected chi connectivity index (χ2v) is 3.63. The number of benzene rings is 1. The molecule has 0 radical (unpaired) electrons. The van der Waals surface area contributed by atoms with Crippen molar-refractivity contribution in [2.45, 2.75) is 47.1 Å². The minimum absolute atomic E-state index is 0.491. The Kier molecular flexibility index (Phi) is 7.96. The molecule has 15 heavy (non-hydrogen) atoms. The van der Waals surface area contributed by atoms with Crippen molar-refractivity contribution in [3.8, 4) is 0 Å². The van der Waals surface area contributed by atoms with Gasteiger partial charge >= 0.3 is 0 Å². The number of hydrogen-bond donors (Lipinski definition) is 1. The Morgan fingerprint density at radius 2 is 1.80 bits per heavy atom. The lowest BCUT2D eigenvalue weighted by Crippen LogP contribution is -1.99. The molecule has 0 aliphatic heterocycles. The molecule has 0 aromatic heterocycles. The summed E-state index contributed by atoms with van der Waals surface area (Å²) in [4.78, 5) is 4.56. The van der Waals surface area contributed by atoms with Crippen LogP contribution in [0.25, 0.3) is 0 Å². The minimum atomic E-state index is 0.491. The molecule has 0 heterocycles. The van der Waals surface area contributed by atoms with E-state index in [-0.39, 0.29) is 0 Å².